The minimum Gasteiger partial charge on any atom is -0.278 e. The molecule has 0 aliphatic rings. The summed E-state index contributed by atoms with van der Waals surface area (Å²) >= 11 is 1.35. The summed E-state index contributed by atoms with van der Waals surface area (Å²) < 4.78 is 231. The van der Waals surface area contributed by atoms with Gasteiger partial charge in [-0.15, -0.1) is 22.7 Å². The average Bonchev–Trinajstić information content (AvgIpc) is 4.34. The Hall–Kier alpha value is -6.21. The average molecular weight is 713 g/mol. The zero-order chi connectivity index (χ0) is 56.1. The number of fused-ring (bicyclic) bond motifs is 10. The van der Waals surface area contributed by atoms with Gasteiger partial charge in [-0.25, -0.2) is 4.98 Å². The van der Waals surface area contributed by atoms with Gasteiger partial charge in [0, 0.05) is 62.2 Å². The third-order valence-electron chi connectivity index (χ3n) is 8.07. The number of aromatic nitrogens is 4. The predicted molar refractivity (Wildman–Crippen MR) is 216 cm³/mol. The van der Waals surface area contributed by atoms with Gasteiger partial charge in [-0.3, -0.25) is 4.57 Å². The molecule has 4 heterocycles. The third kappa shape index (κ3) is 4.40. The van der Waals surface area contributed by atoms with E-state index in [1.165, 1.54) is 0 Å². The highest BCUT2D eigenvalue weighted by molar-refractivity contribution is 7.26. The van der Waals surface area contributed by atoms with Gasteiger partial charge in [0.1, 0.15) is 0 Å². The molecule has 0 aliphatic heterocycles. The van der Waals surface area contributed by atoms with Crippen molar-refractivity contribution in [2.75, 3.05) is 0 Å². The second kappa shape index (κ2) is 11.2. The van der Waals surface area contributed by atoms with Gasteiger partial charge in [0.2, 0.25) is 5.95 Å². The molecule has 0 spiro atoms. The SMILES string of the molecule is [2H]c1c([2H])c([2H])c(-c2nc(-c3c([2H])c([2H])c4c(sc5c([2H])c([2H])c([2H])c(-c6c([2H])c([2H])c([2H])c([2H])c6[2H])c54)c3[2H])nc(-n3c4c([2H])c([2H])c([2H])c([2H])c4c4c5c(sc6c([2H])c([2H])c([2H])c([2H])c65)c([2H])c([2H])c43)n2)c([2H])c1[2H]. The van der Waals surface area contributed by atoms with E-state index in [1.54, 1.807) is 0 Å². The fourth-order valence-corrected chi connectivity index (χ4v) is 7.98. The summed E-state index contributed by atoms with van der Waals surface area (Å²) in [6, 6.07) is -19.6. The number of benzene rings is 7. The van der Waals surface area contributed by atoms with Crippen molar-refractivity contribution in [3.8, 4) is 39.9 Å². The van der Waals surface area contributed by atoms with Gasteiger partial charge in [0.15, 0.2) is 11.6 Å². The Morgan fingerprint density at radius 1 is 0.412 bits per heavy atom. The monoisotopic (exact) mass is 712 g/mol. The van der Waals surface area contributed by atoms with Gasteiger partial charge in [0.05, 0.1) is 46.7 Å². The minimum absolute atomic E-state index is 0.0521. The Morgan fingerprint density at radius 2 is 1.06 bits per heavy atom. The first-order valence-electron chi connectivity index (χ1n) is 27.8. The maximum Gasteiger partial charge on any atom is 0.238 e. The van der Waals surface area contributed by atoms with Crippen molar-refractivity contribution in [1.82, 2.24) is 19.5 Å². The molecule has 0 N–H and O–H groups in total. The number of hydrogen-bond donors (Lipinski definition) is 0. The molecule has 11 rings (SSSR count). The molecule has 0 aliphatic carbocycles. The van der Waals surface area contributed by atoms with Gasteiger partial charge in [-0.2, -0.15) is 9.97 Å². The van der Waals surface area contributed by atoms with E-state index < -0.39 is 208 Å². The van der Waals surface area contributed by atoms with Crippen molar-refractivity contribution in [3.63, 3.8) is 0 Å². The van der Waals surface area contributed by atoms with Gasteiger partial charge in [-0.05, 0) is 47.4 Å². The number of rotatable bonds is 4. The molecule has 0 saturated heterocycles. The second-order valence-corrected chi connectivity index (χ2v) is 12.9. The van der Waals surface area contributed by atoms with E-state index >= 15 is 0 Å². The van der Waals surface area contributed by atoms with Crippen LogP contribution in [-0.2, 0) is 0 Å². The molecule has 4 aromatic heterocycles. The van der Waals surface area contributed by atoms with Crippen molar-refractivity contribution in [3.05, 3.63) is 157 Å². The van der Waals surface area contributed by atoms with Crippen LogP contribution in [-0.4, -0.2) is 19.5 Å². The molecule has 0 amide bonds. The highest BCUT2D eigenvalue weighted by atomic mass is 32.1. The summed E-state index contributed by atoms with van der Waals surface area (Å²) in [6.45, 7) is 0. The highest BCUT2D eigenvalue weighted by Crippen LogP contribution is 2.44. The van der Waals surface area contributed by atoms with Crippen LogP contribution < -0.4 is 0 Å². The largest absolute Gasteiger partial charge is 0.278 e. The quantitative estimate of drug-likeness (QED) is 0.182. The number of thiophene rings is 2. The lowest BCUT2D eigenvalue weighted by molar-refractivity contribution is 0.954. The van der Waals surface area contributed by atoms with E-state index in [1.807, 2.05) is 0 Å². The standard InChI is InChI=1S/C45H26N4S2/c1-3-12-27(13-4-1)30-18-11-21-37-40(30)33-23-22-29(26-39(33)51-37)44-46-43(28-14-5-2-6-15-28)47-45(48-44)49-34-19-9-7-16-31(34)41-35(49)24-25-38-42(41)32-17-8-10-20-36(32)50-38/h1-26H/i1D,2D,3D,4D,5D,6D,7D,8D,9D,10D,11D,12D,13D,14D,15D,16D,17D,18D,19D,20D,21D,22D,23D,24D,25D,26D. The highest BCUT2D eigenvalue weighted by Gasteiger charge is 2.21. The Kier molecular flexibility index (Phi) is 2.88. The van der Waals surface area contributed by atoms with Crippen LogP contribution in [0.1, 0.15) is 35.6 Å². The lowest BCUT2D eigenvalue weighted by Gasteiger charge is -2.11. The summed E-state index contributed by atoms with van der Waals surface area (Å²) in [4.78, 5) is 13.6. The van der Waals surface area contributed by atoms with Crippen LogP contribution in [0, 0.1) is 0 Å². The topological polar surface area (TPSA) is 43.6 Å². The number of para-hydroxylation sites is 1. The fourth-order valence-electron chi connectivity index (χ4n) is 5.99. The van der Waals surface area contributed by atoms with E-state index in [4.69, 9.17) is 26.0 Å². The minimum atomic E-state index is -0.884. The Balaban J connectivity index is 1.35. The van der Waals surface area contributed by atoms with Crippen molar-refractivity contribution >= 4 is 84.8 Å². The van der Waals surface area contributed by atoms with Gasteiger partial charge < -0.3 is 0 Å². The summed E-state index contributed by atoms with van der Waals surface area (Å²) in [5.41, 5.74) is -3.30. The van der Waals surface area contributed by atoms with Crippen LogP contribution in [0.5, 0.6) is 0 Å². The molecule has 0 bridgehead atoms. The Labute approximate surface area is 337 Å². The van der Waals surface area contributed by atoms with E-state index in [0.29, 0.717) is 11.3 Å². The normalized spacial score (nSPS) is 19.1. The molecule has 0 atom stereocenters. The van der Waals surface area contributed by atoms with Crippen molar-refractivity contribution < 1.29 is 35.6 Å². The fraction of sp³-hybridized carbons (Fsp3) is 0. The molecule has 4 nitrogen and oxygen atoms in total. The van der Waals surface area contributed by atoms with Crippen LogP contribution >= 0.6 is 22.7 Å². The van der Waals surface area contributed by atoms with Crippen LogP contribution in [0.15, 0.2) is 157 Å². The van der Waals surface area contributed by atoms with Crippen LogP contribution in [0.25, 0.3) is 102 Å². The predicted octanol–water partition coefficient (Wildman–Crippen LogP) is 12.7. The molecule has 0 unspecified atom stereocenters. The summed E-state index contributed by atoms with van der Waals surface area (Å²) in [7, 11) is 0. The van der Waals surface area contributed by atoms with E-state index in [0.717, 1.165) is 15.9 Å². The zero-order valence-corrected chi connectivity index (χ0v) is 26.7. The maximum absolute atomic E-state index is 9.75. The van der Waals surface area contributed by atoms with Crippen molar-refractivity contribution in [2.24, 2.45) is 0 Å². The molecule has 51 heavy (non-hydrogen) atoms. The Bertz CT molecular complexity index is 4600. The van der Waals surface area contributed by atoms with Crippen LogP contribution in [0.2, 0.25) is 0 Å². The first-order chi connectivity index (χ1) is 36.1. The molecular weight excluding hydrogens is 661 g/mol. The molecule has 6 heteroatoms. The maximum atomic E-state index is 9.75. The van der Waals surface area contributed by atoms with E-state index in [2.05, 4.69) is 15.0 Å². The van der Waals surface area contributed by atoms with Crippen LogP contribution in [0.4, 0.5) is 0 Å². The van der Waals surface area contributed by atoms with Gasteiger partial charge in [0.25, 0.3) is 0 Å². The number of nitrogens with zero attached hydrogens (tertiary/aromatic N) is 4. The second-order valence-electron chi connectivity index (χ2n) is 10.8. The van der Waals surface area contributed by atoms with Crippen molar-refractivity contribution in [2.45, 2.75) is 0 Å². The number of hydrogen-bond acceptors (Lipinski definition) is 5. The Morgan fingerprint density at radius 3 is 1.90 bits per heavy atom. The van der Waals surface area contributed by atoms with Crippen LogP contribution in [0.3, 0.4) is 0 Å². The van der Waals surface area contributed by atoms with E-state index in [-0.39, 0.29) is 51.1 Å². The van der Waals surface area contributed by atoms with Gasteiger partial charge in [-0.1, -0.05) is 121 Å². The molecule has 0 radical (unpaired) electrons. The molecule has 238 valence electrons. The van der Waals surface area contributed by atoms with Crippen molar-refractivity contribution in [1.29, 1.82) is 0 Å². The molecule has 11 aromatic rings. The molecule has 0 fully saturated rings. The summed E-state index contributed by atoms with van der Waals surface area (Å²) in [5, 5.41) is -1.44. The third-order valence-corrected chi connectivity index (χ3v) is 10.1. The first-order valence-corrected chi connectivity index (χ1v) is 16.5. The summed E-state index contributed by atoms with van der Waals surface area (Å²) in [6.07, 6.45) is 0. The lowest BCUT2D eigenvalue weighted by Crippen LogP contribution is -2.06. The summed E-state index contributed by atoms with van der Waals surface area (Å²) in [5.74, 6) is -2.31. The first kappa shape index (κ1) is 13.2. The zero-order valence-electron chi connectivity index (χ0n) is 51.1. The smallest absolute Gasteiger partial charge is 0.238 e. The molecule has 7 aromatic carbocycles. The lowest BCUT2D eigenvalue weighted by atomic mass is 9.99. The molecule has 0 saturated carbocycles. The molecular formula is C45H26N4S2. The van der Waals surface area contributed by atoms with E-state index in [9.17, 15) is 9.60 Å². The van der Waals surface area contributed by atoms with Gasteiger partial charge >= 0.3 is 0 Å².